The third-order valence-corrected chi connectivity index (χ3v) is 3.38. The minimum absolute atomic E-state index is 0.0313. The number of hydrogen-bond donors (Lipinski definition) is 2. The number of carbonyl (C=O) groups is 2. The number of benzene rings is 1. The minimum atomic E-state index is -0.200. The van der Waals surface area contributed by atoms with Gasteiger partial charge in [0.15, 0.2) is 5.82 Å². The van der Waals surface area contributed by atoms with Crippen LogP contribution in [0.5, 0.6) is 0 Å². The normalized spacial score (nSPS) is 13.7. The van der Waals surface area contributed by atoms with E-state index in [2.05, 4.69) is 20.9 Å². The fourth-order valence-electron chi connectivity index (χ4n) is 1.99. The largest absolute Gasteiger partial charge is 0.324 e. The Morgan fingerprint density at radius 2 is 1.95 bits per heavy atom. The molecule has 0 saturated heterocycles. The molecular formula is C15H17N5O2. The molecule has 2 N–H and O–H groups in total. The van der Waals surface area contributed by atoms with Gasteiger partial charge < -0.3 is 10.6 Å². The summed E-state index contributed by atoms with van der Waals surface area (Å²) >= 11 is 0. The van der Waals surface area contributed by atoms with Crippen LogP contribution in [0.4, 0.5) is 11.5 Å². The predicted molar refractivity (Wildman–Crippen MR) is 81.2 cm³/mol. The Kier molecular flexibility index (Phi) is 3.86. The molecule has 7 heteroatoms. The summed E-state index contributed by atoms with van der Waals surface area (Å²) in [6, 6.07) is 7.54. The van der Waals surface area contributed by atoms with Gasteiger partial charge in [-0.3, -0.25) is 9.59 Å². The van der Waals surface area contributed by atoms with E-state index >= 15 is 0 Å². The van der Waals surface area contributed by atoms with Crippen LogP contribution < -0.4 is 10.6 Å². The van der Waals surface area contributed by atoms with E-state index < -0.39 is 0 Å². The summed E-state index contributed by atoms with van der Waals surface area (Å²) in [5.74, 6) is 0.250. The van der Waals surface area contributed by atoms with E-state index in [1.54, 1.807) is 6.20 Å². The van der Waals surface area contributed by atoms with E-state index in [1.807, 2.05) is 31.2 Å². The molecule has 0 aliphatic heterocycles. The third kappa shape index (κ3) is 3.69. The molecule has 114 valence electrons. The molecule has 2 aromatic rings. The molecular weight excluding hydrogens is 282 g/mol. The van der Waals surface area contributed by atoms with Crippen LogP contribution in [0.3, 0.4) is 0 Å². The number of carbonyl (C=O) groups excluding carboxylic acids is 2. The van der Waals surface area contributed by atoms with Gasteiger partial charge in [0.05, 0.1) is 6.20 Å². The summed E-state index contributed by atoms with van der Waals surface area (Å²) in [5, 5.41) is 13.1. The Morgan fingerprint density at radius 3 is 2.64 bits per heavy atom. The van der Waals surface area contributed by atoms with E-state index in [0.717, 1.165) is 24.1 Å². The highest BCUT2D eigenvalue weighted by Gasteiger charge is 2.30. The summed E-state index contributed by atoms with van der Waals surface area (Å²) in [4.78, 5) is 23.5. The smallest absolute Gasteiger partial charge is 0.246 e. The molecule has 0 bridgehead atoms. The molecule has 1 heterocycles. The van der Waals surface area contributed by atoms with Gasteiger partial charge in [-0.15, -0.1) is 5.10 Å². The third-order valence-electron chi connectivity index (χ3n) is 3.38. The summed E-state index contributed by atoms with van der Waals surface area (Å²) in [7, 11) is 0. The molecule has 3 rings (SSSR count). The molecule has 1 aliphatic carbocycles. The van der Waals surface area contributed by atoms with Crippen molar-refractivity contribution >= 4 is 23.3 Å². The van der Waals surface area contributed by atoms with E-state index in [0.29, 0.717) is 5.82 Å². The fourth-order valence-corrected chi connectivity index (χ4v) is 1.99. The Morgan fingerprint density at radius 1 is 1.23 bits per heavy atom. The zero-order chi connectivity index (χ0) is 15.5. The van der Waals surface area contributed by atoms with Crippen molar-refractivity contribution in [3.63, 3.8) is 0 Å². The molecule has 2 amide bonds. The van der Waals surface area contributed by atoms with Gasteiger partial charge in [0.25, 0.3) is 0 Å². The van der Waals surface area contributed by atoms with Gasteiger partial charge in [-0.05, 0) is 31.9 Å². The molecule has 0 unspecified atom stereocenters. The highest BCUT2D eigenvalue weighted by molar-refractivity contribution is 5.93. The first-order chi connectivity index (χ1) is 10.6. The van der Waals surface area contributed by atoms with Crippen molar-refractivity contribution < 1.29 is 9.59 Å². The first-order valence-electron chi connectivity index (χ1n) is 7.18. The van der Waals surface area contributed by atoms with E-state index in [4.69, 9.17) is 0 Å². The summed E-state index contributed by atoms with van der Waals surface area (Å²) in [5.41, 5.74) is 1.86. The quantitative estimate of drug-likeness (QED) is 0.877. The number of aryl methyl sites for hydroxylation is 1. The lowest BCUT2D eigenvalue weighted by Crippen LogP contribution is -2.19. The molecule has 1 aromatic carbocycles. The van der Waals surface area contributed by atoms with Crippen LogP contribution in [0.15, 0.2) is 30.5 Å². The number of nitrogens with zero attached hydrogens (tertiary/aromatic N) is 3. The predicted octanol–water partition coefficient (Wildman–Crippen LogP) is 1.57. The first kappa shape index (κ1) is 14.2. The topological polar surface area (TPSA) is 88.9 Å². The lowest BCUT2D eigenvalue weighted by molar-refractivity contribution is -0.117. The van der Waals surface area contributed by atoms with Crippen molar-refractivity contribution in [3.05, 3.63) is 36.0 Å². The Hall–Kier alpha value is -2.70. The average Bonchev–Trinajstić information content (AvgIpc) is 3.25. The van der Waals surface area contributed by atoms with Crippen molar-refractivity contribution in [2.75, 3.05) is 10.6 Å². The van der Waals surface area contributed by atoms with Gasteiger partial charge in [0.1, 0.15) is 6.54 Å². The fraction of sp³-hybridized carbons (Fsp3) is 0.333. The number of amides is 2. The molecule has 0 radical (unpaired) electrons. The number of hydrogen-bond acceptors (Lipinski definition) is 4. The lowest BCUT2D eigenvalue weighted by atomic mass is 10.2. The second-order valence-corrected chi connectivity index (χ2v) is 5.48. The SMILES string of the molecule is Cc1ccc(NC(=O)Cn2cc(NC(=O)C3CC3)nn2)cc1. The van der Waals surface area contributed by atoms with Gasteiger partial charge in [-0.2, -0.15) is 0 Å². The highest BCUT2D eigenvalue weighted by atomic mass is 16.2. The number of anilines is 2. The van der Waals surface area contributed by atoms with Crippen LogP contribution in [0.2, 0.25) is 0 Å². The highest BCUT2D eigenvalue weighted by Crippen LogP contribution is 2.29. The second kappa shape index (κ2) is 5.97. The molecule has 7 nitrogen and oxygen atoms in total. The van der Waals surface area contributed by atoms with Crippen LogP contribution in [-0.4, -0.2) is 26.8 Å². The maximum atomic E-state index is 11.9. The van der Waals surface area contributed by atoms with Crippen LogP contribution in [0.25, 0.3) is 0 Å². The van der Waals surface area contributed by atoms with Gasteiger partial charge in [0, 0.05) is 11.6 Å². The zero-order valence-corrected chi connectivity index (χ0v) is 12.2. The summed E-state index contributed by atoms with van der Waals surface area (Å²) < 4.78 is 1.39. The number of rotatable bonds is 5. The minimum Gasteiger partial charge on any atom is -0.324 e. The summed E-state index contributed by atoms with van der Waals surface area (Å²) in [6.45, 7) is 2.03. The zero-order valence-electron chi connectivity index (χ0n) is 12.2. The van der Waals surface area contributed by atoms with Crippen LogP contribution >= 0.6 is 0 Å². The van der Waals surface area contributed by atoms with Crippen molar-refractivity contribution in [1.29, 1.82) is 0 Å². The van der Waals surface area contributed by atoms with Crippen molar-refractivity contribution in [3.8, 4) is 0 Å². The maximum absolute atomic E-state index is 11.9. The van der Waals surface area contributed by atoms with E-state index in [1.165, 1.54) is 4.68 Å². The van der Waals surface area contributed by atoms with Crippen LogP contribution in [0, 0.1) is 12.8 Å². The number of nitrogens with one attached hydrogen (secondary N) is 2. The van der Waals surface area contributed by atoms with Gasteiger partial charge in [-0.1, -0.05) is 22.9 Å². The van der Waals surface area contributed by atoms with E-state index in [9.17, 15) is 9.59 Å². The summed E-state index contributed by atoms with van der Waals surface area (Å²) in [6.07, 6.45) is 3.41. The van der Waals surface area contributed by atoms with Crippen LogP contribution in [0.1, 0.15) is 18.4 Å². The van der Waals surface area contributed by atoms with E-state index in [-0.39, 0.29) is 24.3 Å². The second-order valence-electron chi connectivity index (χ2n) is 5.48. The molecule has 22 heavy (non-hydrogen) atoms. The first-order valence-corrected chi connectivity index (χ1v) is 7.18. The molecule has 1 fully saturated rings. The van der Waals surface area contributed by atoms with Crippen molar-refractivity contribution in [2.24, 2.45) is 5.92 Å². The Bertz CT molecular complexity index is 688. The van der Waals surface area contributed by atoms with Crippen molar-refractivity contribution in [1.82, 2.24) is 15.0 Å². The number of aromatic nitrogens is 3. The van der Waals surface area contributed by atoms with Crippen LogP contribution in [-0.2, 0) is 16.1 Å². The Labute approximate surface area is 127 Å². The van der Waals surface area contributed by atoms with Gasteiger partial charge in [0.2, 0.25) is 11.8 Å². The molecule has 0 spiro atoms. The lowest BCUT2D eigenvalue weighted by Gasteiger charge is -2.05. The maximum Gasteiger partial charge on any atom is 0.246 e. The van der Waals surface area contributed by atoms with Gasteiger partial charge in [-0.25, -0.2) is 4.68 Å². The van der Waals surface area contributed by atoms with Gasteiger partial charge >= 0.3 is 0 Å². The molecule has 1 aliphatic rings. The molecule has 1 saturated carbocycles. The Balaban J connectivity index is 1.53. The van der Waals surface area contributed by atoms with Crippen molar-refractivity contribution in [2.45, 2.75) is 26.3 Å². The molecule has 1 aromatic heterocycles. The average molecular weight is 299 g/mol. The standard InChI is InChI=1S/C15H17N5O2/c1-10-2-6-12(7-3-10)16-14(21)9-20-8-13(18-19-20)17-15(22)11-4-5-11/h2-3,6-8,11H,4-5,9H2,1H3,(H,16,21)(H,17,22). The molecule has 0 atom stereocenters. The monoisotopic (exact) mass is 299 g/mol.